The van der Waals surface area contributed by atoms with E-state index in [1.165, 1.54) is 38.5 Å². The normalized spacial score (nSPS) is 26.9. The molecular formula is C12H22N2. The lowest BCUT2D eigenvalue weighted by Crippen LogP contribution is -2.37. The predicted octanol–water partition coefficient (Wildman–Crippen LogP) is 3.03. The Morgan fingerprint density at radius 2 is 1.93 bits per heavy atom. The monoisotopic (exact) mass is 194 g/mol. The lowest BCUT2D eigenvalue weighted by molar-refractivity contribution is 0.168. The summed E-state index contributed by atoms with van der Waals surface area (Å²) in [6, 6.07) is 0. The smallest absolute Gasteiger partial charge is 0.0958 e. The van der Waals surface area contributed by atoms with Gasteiger partial charge in [-0.1, -0.05) is 26.2 Å². The second kappa shape index (κ2) is 3.92. The van der Waals surface area contributed by atoms with Crippen LogP contribution in [0, 0.1) is 10.8 Å². The van der Waals surface area contributed by atoms with Gasteiger partial charge in [-0.3, -0.25) is 5.41 Å². The highest BCUT2D eigenvalue weighted by Gasteiger charge is 2.31. The minimum absolute atomic E-state index is 0.509. The van der Waals surface area contributed by atoms with Gasteiger partial charge in [0.15, 0.2) is 0 Å². The van der Waals surface area contributed by atoms with Crippen LogP contribution in [0.3, 0.4) is 0 Å². The van der Waals surface area contributed by atoms with E-state index in [9.17, 15) is 0 Å². The molecule has 2 rings (SSSR count). The van der Waals surface area contributed by atoms with Crippen molar-refractivity contribution >= 4 is 5.84 Å². The molecule has 14 heavy (non-hydrogen) atoms. The number of amidine groups is 1. The Morgan fingerprint density at radius 1 is 1.21 bits per heavy atom. The van der Waals surface area contributed by atoms with Crippen molar-refractivity contribution in [3.63, 3.8) is 0 Å². The quantitative estimate of drug-likeness (QED) is 0.718. The maximum absolute atomic E-state index is 7.84. The van der Waals surface area contributed by atoms with Gasteiger partial charge in [-0.2, -0.15) is 0 Å². The fourth-order valence-corrected chi connectivity index (χ4v) is 2.93. The molecule has 0 atom stereocenters. The summed E-state index contributed by atoms with van der Waals surface area (Å²) in [4.78, 5) is 2.31. The van der Waals surface area contributed by atoms with E-state index in [0.29, 0.717) is 5.41 Å². The summed E-state index contributed by atoms with van der Waals surface area (Å²) >= 11 is 0. The van der Waals surface area contributed by atoms with Crippen molar-refractivity contribution in [3.05, 3.63) is 0 Å². The van der Waals surface area contributed by atoms with Crippen molar-refractivity contribution in [2.45, 2.75) is 51.9 Å². The third kappa shape index (κ3) is 2.10. The highest BCUT2D eigenvalue weighted by atomic mass is 15.2. The molecule has 2 nitrogen and oxygen atoms in total. The van der Waals surface area contributed by atoms with Crippen LogP contribution < -0.4 is 0 Å². The second-order valence-electron chi connectivity index (χ2n) is 5.34. The lowest BCUT2D eigenvalue weighted by Gasteiger charge is -2.37. The SMILES string of the molecule is CC1(CN2CCCC2=N)CCCCC1. The Hall–Kier alpha value is -0.530. The van der Waals surface area contributed by atoms with Gasteiger partial charge in [-0.05, 0) is 24.7 Å². The summed E-state index contributed by atoms with van der Waals surface area (Å²) in [5.41, 5.74) is 0.509. The third-order valence-electron chi connectivity index (χ3n) is 3.86. The molecule has 0 amide bonds. The zero-order valence-corrected chi connectivity index (χ0v) is 9.31. The molecule has 1 N–H and O–H groups in total. The topological polar surface area (TPSA) is 27.1 Å². The van der Waals surface area contributed by atoms with Gasteiger partial charge < -0.3 is 4.90 Å². The van der Waals surface area contributed by atoms with E-state index in [1.807, 2.05) is 0 Å². The Bertz CT molecular complexity index is 216. The highest BCUT2D eigenvalue weighted by Crippen LogP contribution is 2.37. The average molecular weight is 194 g/mol. The average Bonchev–Trinajstić information content (AvgIpc) is 2.52. The van der Waals surface area contributed by atoms with Crippen LogP contribution in [0.2, 0.25) is 0 Å². The van der Waals surface area contributed by atoms with Gasteiger partial charge in [0, 0.05) is 19.5 Å². The van der Waals surface area contributed by atoms with E-state index in [-0.39, 0.29) is 0 Å². The molecule has 0 bridgehead atoms. The minimum atomic E-state index is 0.509. The van der Waals surface area contributed by atoms with E-state index in [1.54, 1.807) is 0 Å². The van der Waals surface area contributed by atoms with Crippen LogP contribution in [-0.4, -0.2) is 23.8 Å². The number of nitrogens with one attached hydrogen (secondary N) is 1. The Morgan fingerprint density at radius 3 is 2.50 bits per heavy atom. The molecule has 2 heteroatoms. The zero-order chi connectivity index (χ0) is 10.0. The van der Waals surface area contributed by atoms with Crippen molar-refractivity contribution in [2.75, 3.05) is 13.1 Å². The van der Waals surface area contributed by atoms with Gasteiger partial charge in [-0.25, -0.2) is 0 Å². The molecule has 2 aliphatic rings. The maximum atomic E-state index is 7.84. The molecule has 80 valence electrons. The van der Waals surface area contributed by atoms with E-state index in [2.05, 4.69) is 11.8 Å². The van der Waals surface area contributed by atoms with Gasteiger partial charge in [0.25, 0.3) is 0 Å². The minimum Gasteiger partial charge on any atom is -0.360 e. The van der Waals surface area contributed by atoms with E-state index >= 15 is 0 Å². The van der Waals surface area contributed by atoms with E-state index < -0.39 is 0 Å². The van der Waals surface area contributed by atoms with Crippen molar-refractivity contribution < 1.29 is 0 Å². The molecule has 0 aromatic carbocycles. The molecule has 0 aromatic heterocycles. The van der Waals surface area contributed by atoms with Crippen LogP contribution in [0.15, 0.2) is 0 Å². The number of hydrogen-bond acceptors (Lipinski definition) is 1. The zero-order valence-electron chi connectivity index (χ0n) is 9.31. The first-order valence-electron chi connectivity index (χ1n) is 6.02. The number of likely N-dealkylation sites (tertiary alicyclic amines) is 1. The van der Waals surface area contributed by atoms with Crippen LogP contribution >= 0.6 is 0 Å². The largest absolute Gasteiger partial charge is 0.360 e. The Labute approximate surface area is 87.2 Å². The molecule has 0 aromatic rings. The maximum Gasteiger partial charge on any atom is 0.0958 e. The molecule has 1 aliphatic heterocycles. The number of hydrogen-bond donors (Lipinski definition) is 1. The molecule has 2 fully saturated rings. The van der Waals surface area contributed by atoms with Crippen LogP contribution in [0.25, 0.3) is 0 Å². The van der Waals surface area contributed by atoms with Crippen molar-refractivity contribution in [3.8, 4) is 0 Å². The van der Waals surface area contributed by atoms with E-state index in [0.717, 1.165) is 25.3 Å². The van der Waals surface area contributed by atoms with Gasteiger partial charge >= 0.3 is 0 Å². The van der Waals surface area contributed by atoms with Crippen molar-refractivity contribution in [1.82, 2.24) is 4.90 Å². The molecule has 1 heterocycles. The standard InChI is InChI=1S/C12H22N2/c1-12(7-3-2-4-8-12)10-14-9-5-6-11(14)13/h13H,2-10H2,1H3. The summed E-state index contributed by atoms with van der Waals surface area (Å²) in [6.45, 7) is 4.69. The predicted molar refractivity (Wildman–Crippen MR) is 59.7 cm³/mol. The van der Waals surface area contributed by atoms with Crippen LogP contribution in [-0.2, 0) is 0 Å². The molecule has 1 aliphatic carbocycles. The van der Waals surface area contributed by atoms with Crippen LogP contribution in [0.5, 0.6) is 0 Å². The van der Waals surface area contributed by atoms with Crippen molar-refractivity contribution in [1.29, 1.82) is 5.41 Å². The van der Waals surface area contributed by atoms with Gasteiger partial charge in [0.2, 0.25) is 0 Å². The number of nitrogens with zero attached hydrogens (tertiary/aromatic N) is 1. The fourth-order valence-electron chi connectivity index (χ4n) is 2.93. The number of rotatable bonds is 2. The first kappa shape index (κ1) is 10.0. The molecule has 1 saturated carbocycles. The summed E-state index contributed by atoms with van der Waals surface area (Å²) in [6.07, 6.45) is 9.18. The molecular weight excluding hydrogens is 172 g/mol. The lowest BCUT2D eigenvalue weighted by atomic mass is 9.75. The molecule has 0 radical (unpaired) electrons. The van der Waals surface area contributed by atoms with Gasteiger partial charge in [-0.15, -0.1) is 0 Å². The van der Waals surface area contributed by atoms with E-state index in [4.69, 9.17) is 5.41 Å². The van der Waals surface area contributed by atoms with Crippen LogP contribution in [0.1, 0.15) is 51.9 Å². The van der Waals surface area contributed by atoms with Gasteiger partial charge in [0.1, 0.15) is 0 Å². The summed E-state index contributed by atoms with van der Waals surface area (Å²) in [5.74, 6) is 0.886. The Kier molecular flexibility index (Phi) is 2.80. The summed E-state index contributed by atoms with van der Waals surface area (Å²) < 4.78 is 0. The molecule has 0 spiro atoms. The fraction of sp³-hybridized carbons (Fsp3) is 0.917. The third-order valence-corrected chi connectivity index (χ3v) is 3.86. The summed E-state index contributed by atoms with van der Waals surface area (Å²) in [5, 5.41) is 7.84. The van der Waals surface area contributed by atoms with Crippen molar-refractivity contribution in [2.24, 2.45) is 5.41 Å². The first-order valence-corrected chi connectivity index (χ1v) is 6.02. The highest BCUT2D eigenvalue weighted by molar-refractivity contribution is 5.80. The summed E-state index contributed by atoms with van der Waals surface area (Å²) in [7, 11) is 0. The van der Waals surface area contributed by atoms with Gasteiger partial charge in [0.05, 0.1) is 5.84 Å². The first-order chi connectivity index (χ1) is 6.70. The molecule has 1 saturated heterocycles. The van der Waals surface area contributed by atoms with Crippen LogP contribution in [0.4, 0.5) is 0 Å². The molecule has 0 unspecified atom stereocenters. The Balaban J connectivity index is 1.91. The second-order valence-corrected chi connectivity index (χ2v) is 5.34.